The largest absolute Gasteiger partial charge is 0.478 e. The second-order valence-electron chi connectivity index (χ2n) is 5.33. The third-order valence-electron chi connectivity index (χ3n) is 3.79. The molecule has 0 atom stereocenters. The monoisotopic (exact) mass is 325 g/mol. The molecule has 0 radical (unpaired) electrons. The summed E-state index contributed by atoms with van der Waals surface area (Å²) in [5.41, 5.74) is 3.70. The average Bonchev–Trinajstić information content (AvgIpc) is 3.10. The molecule has 3 heterocycles. The second kappa shape index (κ2) is 4.79. The summed E-state index contributed by atoms with van der Waals surface area (Å²) >= 11 is 1.47. The van der Waals surface area contributed by atoms with Gasteiger partial charge in [0.05, 0.1) is 22.3 Å². The molecule has 0 saturated carbocycles. The molecule has 3 N–H and O–H groups in total. The summed E-state index contributed by atoms with van der Waals surface area (Å²) in [7, 11) is 0. The van der Waals surface area contributed by atoms with Crippen molar-refractivity contribution >= 4 is 39.2 Å². The Labute approximate surface area is 133 Å². The van der Waals surface area contributed by atoms with Gasteiger partial charge in [-0.25, -0.2) is 9.78 Å². The van der Waals surface area contributed by atoms with Gasteiger partial charge < -0.3 is 15.1 Å². The first-order valence-electron chi connectivity index (χ1n) is 6.86. The molecule has 3 aromatic heterocycles. The van der Waals surface area contributed by atoms with E-state index >= 15 is 0 Å². The van der Waals surface area contributed by atoms with Crippen LogP contribution in [0.15, 0.2) is 33.8 Å². The van der Waals surface area contributed by atoms with Crippen LogP contribution >= 0.6 is 11.3 Å². The molecule has 6 nitrogen and oxygen atoms in total. The summed E-state index contributed by atoms with van der Waals surface area (Å²) in [5.74, 6) is -0.970. The molecule has 4 rings (SSSR count). The Morgan fingerprint density at radius 2 is 2.00 bits per heavy atom. The summed E-state index contributed by atoms with van der Waals surface area (Å²) in [6.45, 7) is 1.74. The van der Waals surface area contributed by atoms with Crippen molar-refractivity contribution in [3.63, 3.8) is 0 Å². The van der Waals surface area contributed by atoms with E-state index in [9.17, 15) is 14.7 Å². The summed E-state index contributed by atoms with van der Waals surface area (Å²) < 4.78 is 0. The maximum absolute atomic E-state index is 12.2. The van der Waals surface area contributed by atoms with E-state index in [1.165, 1.54) is 11.3 Å². The lowest BCUT2D eigenvalue weighted by Crippen LogP contribution is -2.10. The fourth-order valence-electron chi connectivity index (χ4n) is 2.65. The predicted octanol–water partition coefficient (Wildman–Crippen LogP) is 3.14. The maximum atomic E-state index is 12.2. The Morgan fingerprint density at radius 1 is 1.17 bits per heavy atom. The molecular weight excluding hydrogens is 314 g/mol. The molecule has 114 valence electrons. The fraction of sp³-hybridized carbons (Fsp3) is 0.0625. The first kappa shape index (κ1) is 13.7. The molecule has 0 saturated heterocycles. The normalized spacial score (nSPS) is 11.3. The number of H-pyrrole nitrogens is 2. The van der Waals surface area contributed by atoms with Crippen LogP contribution in [-0.4, -0.2) is 26.0 Å². The molecule has 0 unspecified atom stereocenters. The minimum Gasteiger partial charge on any atom is -0.478 e. The summed E-state index contributed by atoms with van der Waals surface area (Å²) in [6, 6.07) is 5.11. The number of fused-ring (bicyclic) bond motifs is 2. The quantitative estimate of drug-likeness (QED) is 0.527. The van der Waals surface area contributed by atoms with Gasteiger partial charge in [-0.3, -0.25) is 4.79 Å². The molecule has 23 heavy (non-hydrogen) atoms. The SMILES string of the molecule is Cc1cc2[nH]c(-c3nc4cscc4[nH]c3=O)cc2cc1C(=O)O. The van der Waals surface area contributed by atoms with Gasteiger partial charge in [-0.1, -0.05) is 0 Å². The Morgan fingerprint density at radius 3 is 2.78 bits per heavy atom. The van der Waals surface area contributed by atoms with Gasteiger partial charge in [0.2, 0.25) is 0 Å². The van der Waals surface area contributed by atoms with Crippen LogP contribution in [0, 0.1) is 6.92 Å². The Hall–Kier alpha value is -2.93. The summed E-state index contributed by atoms with van der Waals surface area (Å²) in [4.78, 5) is 33.8. The van der Waals surface area contributed by atoms with Crippen LogP contribution < -0.4 is 5.56 Å². The number of carboxylic acid groups (broad SMARTS) is 1. The van der Waals surface area contributed by atoms with Crippen LogP contribution in [0.1, 0.15) is 15.9 Å². The maximum Gasteiger partial charge on any atom is 0.335 e. The van der Waals surface area contributed by atoms with Gasteiger partial charge in [0.15, 0.2) is 5.69 Å². The highest BCUT2D eigenvalue weighted by atomic mass is 32.1. The lowest BCUT2D eigenvalue weighted by Gasteiger charge is -2.00. The van der Waals surface area contributed by atoms with E-state index in [0.717, 1.165) is 16.4 Å². The molecule has 0 amide bonds. The van der Waals surface area contributed by atoms with E-state index in [2.05, 4.69) is 15.0 Å². The van der Waals surface area contributed by atoms with Crippen molar-refractivity contribution in [1.29, 1.82) is 0 Å². The molecule has 7 heteroatoms. The highest BCUT2D eigenvalue weighted by Gasteiger charge is 2.14. The van der Waals surface area contributed by atoms with Crippen LogP contribution in [0.3, 0.4) is 0 Å². The highest BCUT2D eigenvalue weighted by Crippen LogP contribution is 2.25. The molecule has 0 aliphatic heterocycles. The van der Waals surface area contributed by atoms with Crippen molar-refractivity contribution in [2.24, 2.45) is 0 Å². The molecule has 4 aromatic rings. The Bertz CT molecular complexity index is 1140. The standard InChI is InChI=1S/C16H11N3O3S/c1-7-2-10-8(3-9(7)16(21)22)4-11(17-10)14-15(20)19-13-6-23-5-12(13)18-14/h2-6,17H,1H3,(H,19,20)(H,21,22). The minimum atomic E-state index is -0.970. The number of hydrogen-bond acceptors (Lipinski definition) is 4. The number of aromatic amines is 2. The van der Waals surface area contributed by atoms with Gasteiger partial charge in [-0.15, -0.1) is 11.3 Å². The number of carbonyl (C=O) groups is 1. The summed E-state index contributed by atoms with van der Waals surface area (Å²) in [6.07, 6.45) is 0. The number of benzene rings is 1. The van der Waals surface area contributed by atoms with E-state index < -0.39 is 5.97 Å². The molecular formula is C16H11N3O3S. The number of thiophene rings is 1. The van der Waals surface area contributed by atoms with Gasteiger partial charge in [0.1, 0.15) is 0 Å². The number of aromatic carboxylic acids is 1. The number of rotatable bonds is 2. The van der Waals surface area contributed by atoms with Crippen molar-refractivity contribution in [2.75, 3.05) is 0 Å². The highest BCUT2D eigenvalue weighted by molar-refractivity contribution is 7.09. The topological polar surface area (TPSA) is 98.8 Å². The number of aryl methyl sites for hydroxylation is 1. The van der Waals surface area contributed by atoms with Gasteiger partial charge in [-0.05, 0) is 30.7 Å². The Balaban J connectivity index is 1.95. The zero-order valence-electron chi connectivity index (χ0n) is 12.0. The third-order valence-corrected chi connectivity index (χ3v) is 4.52. The minimum absolute atomic E-state index is 0.248. The molecule has 0 fully saturated rings. The van der Waals surface area contributed by atoms with E-state index in [1.807, 2.05) is 10.8 Å². The first-order chi connectivity index (χ1) is 11.0. The van der Waals surface area contributed by atoms with Gasteiger partial charge >= 0.3 is 5.97 Å². The van der Waals surface area contributed by atoms with Crippen molar-refractivity contribution in [1.82, 2.24) is 15.0 Å². The van der Waals surface area contributed by atoms with Gasteiger partial charge in [0, 0.05) is 21.7 Å². The zero-order chi connectivity index (χ0) is 16.1. The van der Waals surface area contributed by atoms with Crippen LogP contribution in [0.25, 0.3) is 33.3 Å². The van der Waals surface area contributed by atoms with Crippen molar-refractivity contribution in [3.8, 4) is 11.4 Å². The van der Waals surface area contributed by atoms with Crippen LogP contribution in [0.2, 0.25) is 0 Å². The molecule has 0 bridgehead atoms. The molecule has 0 spiro atoms. The molecule has 1 aromatic carbocycles. The van der Waals surface area contributed by atoms with E-state index in [-0.39, 0.29) is 11.1 Å². The smallest absolute Gasteiger partial charge is 0.335 e. The van der Waals surface area contributed by atoms with E-state index in [0.29, 0.717) is 22.5 Å². The average molecular weight is 325 g/mol. The van der Waals surface area contributed by atoms with E-state index in [4.69, 9.17) is 0 Å². The second-order valence-corrected chi connectivity index (χ2v) is 6.07. The van der Waals surface area contributed by atoms with E-state index in [1.54, 1.807) is 25.1 Å². The number of aromatic nitrogens is 3. The number of carboxylic acids is 1. The van der Waals surface area contributed by atoms with Crippen molar-refractivity contribution < 1.29 is 9.90 Å². The first-order valence-corrected chi connectivity index (χ1v) is 7.80. The fourth-order valence-corrected chi connectivity index (χ4v) is 3.35. The van der Waals surface area contributed by atoms with Crippen LogP contribution in [0.4, 0.5) is 0 Å². The van der Waals surface area contributed by atoms with Crippen molar-refractivity contribution in [2.45, 2.75) is 6.92 Å². The van der Waals surface area contributed by atoms with Gasteiger partial charge in [-0.2, -0.15) is 0 Å². The molecule has 0 aliphatic rings. The zero-order valence-corrected chi connectivity index (χ0v) is 12.8. The van der Waals surface area contributed by atoms with Crippen LogP contribution in [-0.2, 0) is 0 Å². The summed E-state index contributed by atoms with van der Waals surface area (Å²) in [5, 5.41) is 13.6. The molecule has 0 aliphatic carbocycles. The third kappa shape index (κ3) is 2.13. The number of hydrogen-bond donors (Lipinski definition) is 3. The van der Waals surface area contributed by atoms with Crippen LogP contribution in [0.5, 0.6) is 0 Å². The lowest BCUT2D eigenvalue weighted by molar-refractivity contribution is 0.0696. The number of nitrogens with zero attached hydrogens (tertiary/aromatic N) is 1. The Kier molecular flexibility index (Phi) is 2.85. The lowest BCUT2D eigenvalue weighted by atomic mass is 10.1. The number of nitrogens with one attached hydrogen (secondary N) is 2. The predicted molar refractivity (Wildman–Crippen MR) is 89.2 cm³/mol. The van der Waals surface area contributed by atoms with Crippen molar-refractivity contribution in [3.05, 3.63) is 50.4 Å². The van der Waals surface area contributed by atoms with Gasteiger partial charge in [0.25, 0.3) is 5.56 Å².